The van der Waals surface area contributed by atoms with E-state index < -0.39 is 5.41 Å². The minimum Gasteiger partial charge on any atom is -0.449 e. The Morgan fingerprint density at radius 2 is 1.09 bits per heavy atom. The maximum Gasteiger partial charge on any atom is 0.193 e. The molecule has 0 saturated carbocycles. The molecule has 3 aliphatic rings. The largest absolute Gasteiger partial charge is 0.449 e. The highest BCUT2D eigenvalue weighted by Gasteiger charge is 2.52. The summed E-state index contributed by atoms with van der Waals surface area (Å²) >= 11 is 0. The van der Waals surface area contributed by atoms with Gasteiger partial charge < -0.3 is 18.9 Å². The molecule has 0 radical (unpaired) electrons. The summed E-state index contributed by atoms with van der Waals surface area (Å²) in [7, 11) is 0. The first kappa shape index (κ1) is 30.4. The Balaban J connectivity index is 0.995. The molecule has 0 atom stereocenters. The van der Waals surface area contributed by atoms with Crippen LogP contribution in [0.4, 0.5) is 11.4 Å². The first-order valence-electron chi connectivity index (χ1n) is 19.1. The molecule has 2 heterocycles. The van der Waals surface area contributed by atoms with Crippen molar-refractivity contribution in [2.75, 3.05) is 11.4 Å². The maximum atomic E-state index is 6.99. The van der Waals surface area contributed by atoms with Crippen LogP contribution in [-0.4, -0.2) is 11.1 Å². The van der Waals surface area contributed by atoms with Gasteiger partial charge in [-0.15, -0.1) is 0 Å². The molecule has 4 nitrogen and oxygen atoms in total. The van der Waals surface area contributed by atoms with Gasteiger partial charge in [-0.05, 0) is 112 Å². The molecule has 55 heavy (non-hydrogen) atoms. The van der Waals surface area contributed by atoms with Crippen molar-refractivity contribution in [2.45, 2.75) is 12.3 Å². The fourth-order valence-electron chi connectivity index (χ4n) is 9.86. The number of hydrogen-bond acceptors (Lipinski definition) is 3. The quantitative estimate of drug-likeness (QED) is 0.182. The number of fused-ring (bicyclic) bond motifs is 15. The van der Waals surface area contributed by atoms with E-state index in [4.69, 9.17) is 9.47 Å². The van der Waals surface area contributed by atoms with E-state index in [0.29, 0.717) is 5.75 Å². The zero-order valence-corrected chi connectivity index (χ0v) is 30.2. The minimum atomic E-state index is -0.444. The van der Waals surface area contributed by atoms with Gasteiger partial charge in [-0.2, -0.15) is 0 Å². The van der Waals surface area contributed by atoms with E-state index >= 15 is 0 Å². The first-order chi connectivity index (χ1) is 27.2. The second-order valence-electron chi connectivity index (χ2n) is 14.7. The summed E-state index contributed by atoms with van der Waals surface area (Å²) in [5, 5.41) is 2.43. The van der Waals surface area contributed by atoms with Crippen molar-refractivity contribution < 1.29 is 9.47 Å². The lowest BCUT2D eigenvalue weighted by atomic mass is 9.70. The summed E-state index contributed by atoms with van der Waals surface area (Å²) in [6.45, 7) is 2.93. The average Bonchev–Trinajstić information content (AvgIpc) is 3.84. The molecule has 0 saturated heterocycles. The third kappa shape index (κ3) is 4.00. The van der Waals surface area contributed by atoms with Gasteiger partial charge >= 0.3 is 0 Å². The van der Waals surface area contributed by atoms with Crippen LogP contribution in [-0.2, 0) is 5.41 Å². The van der Waals surface area contributed by atoms with Crippen molar-refractivity contribution in [1.82, 2.24) is 4.57 Å². The van der Waals surface area contributed by atoms with Crippen LogP contribution in [0, 0.1) is 0 Å². The van der Waals surface area contributed by atoms with E-state index in [0.717, 1.165) is 40.9 Å². The molecule has 1 spiro atoms. The van der Waals surface area contributed by atoms with Gasteiger partial charge in [-0.25, -0.2) is 0 Å². The number of rotatable bonds is 4. The summed E-state index contributed by atoms with van der Waals surface area (Å²) in [6, 6.07) is 63.4. The second kappa shape index (κ2) is 11.2. The smallest absolute Gasteiger partial charge is 0.193 e. The highest BCUT2D eigenvalue weighted by molar-refractivity contribution is 6.10. The van der Waals surface area contributed by atoms with Gasteiger partial charge in [0.25, 0.3) is 0 Å². The molecule has 12 rings (SSSR count). The van der Waals surface area contributed by atoms with Crippen LogP contribution < -0.4 is 14.4 Å². The van der Waals surface area contributed by atoms with E-state index in [-0.39, 0.29) is 0 Å². The fourth-order valence-corrected chi connectivity index (χ4v) is 9.86. The molecule has 4 heteroatoms. The maximum absolute atomic E-state index is 6.99. The third-order valence-electron chi connectivity index (χ3n) is 12.0. The van der Waals surface area contributed by atoms with Gasteiger partial charge in [0.05, 0.1) is 22.1 Å². The van der Waals surface area contributed by atoms with Gasteiger partial charge in [0, 0.05) is 28.7 Å². The molecule has 0 N–H and O–H groups in total. The van der Waals surface area contributed by atoms with Gasteiger partial charge in [-0.3, -0.25) is 0 Å². The predicted molar refractivity (Wildman–Crippen MR) is 223 cm³/mol. The monoisotopic (exact) mass is 706 g/mol. The Hall–Kier alpha value is -7.04. The van der Waals surface area contributed by atoms with E-state index in [1.165, 1.54) is 66.3 Å². The molecular formula is C51H34N2O2. The highest BCUT2D eigenvalue weighted by Crippen LogP contribution is 2.65. The summed E-state index contributed by atoms with van der Waals surface area (Å²) in [5.74, 6) is 2.89. The van der Waals surface area contributed by atoms with Crippen LogP contribution in [0.15, 0.2) is 176 Å². The van der Waals surface area contributed by atoms with Gasteiger partial charge in [0.2, 0.25) is 0 Å². The number of ether oxygens (including phenoxy) is 2. The van der Waals surface area contributed by atoms with Crippen molar-refractivity contribution in [3.05, 3.63) is 198 Å². The van der Waals surface area contributed by atoms with Crippen LogP contribution in [0.3, 0.4) is 0 Å². The standard InChI is InChI=1S/C51H34N2O2/c1-2-52(33-27-28-45-39(29-33)37-20-9-13-24-44(37)53(45)32-15-4-3-5-16-32)46-25-14-26-47-50(46)55-48-30-38-36-19-8-12-23-42(36)51(43(38)31-49(48)54-47)40-21-10-6-17-34(40)35-18-7-11-22-41(35)51/h3-31H,2H2,1H3. The summed E-state index contributed by atoms with van der Waals surface area (Å²) < 4.78 is 16.2. The van der Waals surface area contributed by atoms with Crippen LogP contribution in [0.2, 0.25) is 0 Å². The number of nitrogens with zero attached hydrogens (tertiary/aromatic N) is 2. The van der Waals surface area contributed by atoms with E-state index in [1.807, 2.05) is 6.07 Å². The Morgan fingerprint density at radius 1 is 0.473 bits per heavy atom. The molecule has 2 aliphatic carbocycles. The van der Waals surface area contributed by atoms with Gasteiger partial charge in [-0.1, -0.05) is 115 Å². The number of anilines is 2. The Kier molecular flexibility index (Phi) is 6.22. The molecule has 8 aromatic carbocycles. The molecule has 1 aliphatic heterocycles. The Bertz CT molecular complexity index is 3000. The predicted octanol–water partition coefficient (Wildman–Crippen LogP) is 13.2. The first-order valence-corrected chi connectivity index (χ1v) is 19.1. The van der Waals surface area contributed by atoms with E-state index in [1.54, 1.807) is 0 Å². The molecule has 1 aromatic heterocycles. The Morgan fingerprint density at radius 3 is 1.82 bits per heavy atom. The van der Waals surface area contributed by atoms with Crippen molar-refractivity contribution in [1.29, 1.82) is 0 Å². The average molecular weight is 707 g/mol. The van der Waals surface area contributed by atoms with Gasteiger partial charge in [0.1, 0.15) is 0 Å². The van der Waals surface area contributed by atoms with E-state index in [2.05, 4.69) is 186 Å². The third-order valence-corrected chi connectivity index (χ3v) is 12.0. The fraction of sp³-hybridized carbons (Fsp3) is 0.0588. The highest BCUT2D eigenvalue weighted by atomic mass is 16.6. The molecule has 0 unspecified atom stereocenters. The van der Waals surface area contributed by atoms with Crippen LogP contribution in [0.1, 0.15) is 29.2 Å². The number of para-hydroxylation sites is 3. The molecule has 0 amide bonds. The van der Waals surface area contributed by atoms with Crippen LogP contribution in [0.25, 0.3) is 49.7 Å². The van der Waals surface area contributed by atoms with Crippen LogP contribution >= 0.6 is 0 Å². The second-order valence-corrected chi connectivity index (χ2v) is 14.7. The lowest BCUT2D eigenvalue weighted by Crippen LogP contribution is -2.26. The lowest BCUT2D eigenvalue weighted by molar-refractivity contribution is 0.360. The summed E-state index contributed by atoms with van der Waals surface area (Å²) in [6.07, 6.45) is 0. The number of hydrogen-bond donors (Lipinski definition) is 0. The van der Waals surface area contributed by atoms with Crippen molar-refractivity contribution in [2.24, 2.45) is 0 Å². The normalized spacial score (nSPS) is 13.7. The van der Waals surface area contributed by atoms with Crippen molar-refractivity contribution >= 4 is 33.2 Å². The van der Waals surface area contributed by atoms with E-state index in [9.17, 15) is 0 Å². The molecule has 0 bridgehead atoms. The van der Waals surface area contributed by atoms with Crippen LogP contribution in [0.5, 0.6) is 23.0 Å². The SMILES string of the molecule is CCN(c1ccc2c(c1)c1ccccc1n2-c1ccccc1)c1cccc2c1Oc1cc3c(cc1O2)C1(c2ccccc2-c2ccccc21)c1ccccc1-3. The topological polar surface area (TPSA) is 26.6 Å². The number of benzene rings is 8. The molecule has 260 valence electrons. The van der Waals surface area contributed by atoms with Gasteiger partial charge in [0.15, 0.2) is 23.0 Å². The summed E-state index contributed by atoms with van der Waals surface area (Å²) in [4.78, 5) is 2.32. The zero-order chi connectivity index (χ0) is 36.3. The van der Waals surface area contributed by atoms with Crippen molar-refractivity contribution in [3.63, 3.8) is 0 Å². The summed E-state index contributed by atoms with van der Waals surface area (Å²) in [5.41, 5.74) is 15.3. The Labute approximate surface area is 319 Å². The molecule has 9 aromatic rings. The van der Waals surface area contributed by atoms with Crippen molar-refractivity contribution in [3.8, 4) is 50.9 Å². The zero-order valence-electron chi connectivity index (χ0n) is 30.2. The number of aromatic nitrogens is 1. The minimum absolute atomic E-state index is 0.444. The lowest BCUT2D eigenvalue weighted by Gasteiger charge is -2.32. The molecular weight excluding hydrogens is 673 g/mol. The molecule has 0 fully saturated rings.